The molecule has 0 amide bonds. The van der Waals surface area contributed by atoms with E-state index in [9.17, 15) is 5.11 Å². The number of aromatic nitrogens is 3. The van der Waals surface area contributed by atoms with Crippen molar-refractivity contribution >= 4 is 15.9 Å². The Balaban J connectivity index is 2.10. The van der Waals surface area contributed by atoms with Gasteiger partial charge in [0, 0.05) is 16.6 Å². The van der Waals surface area contributed by atoms with Crippen LogP contribution in [-0.4, -0.2) is 19.9 Å². The van der Waals surface area contributed by atoms with Gasteiger partial charge in [-0.3, -0.25) is 0 Å². The van der Waals surface area contributed by atoms with E-state index in [1.807, 2.05) is 25.1 Å². The molecular weight excluding hydrogens is 298 g/mol. The Morgan fingerprint density at radius 1 is 1.44 bits per heavy atom. The summed E-state index contributed by atoms with van der Waals surface area (Å²) in [6.07, 6.45) is 1.51. The lowest BCUT2D eigenvalue weighted by Gasteiger charge is -2.10. The molecule has 2 aromatic rings. The van der Waals surface area contributed by atoms with E-state index in [4.69, 9.17) is 4.74 Å². The number of halogens is 1. The molecular formula is C12H14BrN3O2. The molecule has 0 fully saturated rings. The Morgan fingerprint density at radius 2 is 2.28 bits per heavy atom. The molecule has 0 atom stereocenters. The summed E-state index contributed by atoms with van der Waals surface area (Å²) in [4.78, 5) is 4.13. The number of aryl methyl sites for hydroxylation is 1. The van der Waals surface area contributed by atoms with Gasteiger partial charge < -0.3 is 9.84 Å². The molecule has 0 saturated heterocycles. The molecule has 1 aromatic carbocycles. The van der Waals surface area contributed by atoms with Gasteiger partial charge in [0.2, 0.25) is 0 Å². The minimum Gasteiger partial charge on any atom is -0.485 e. The second-order valence-corrected chi connectivity index (χ2v) is 4.61. The molecule has 0 aliphatic carbocycles. The van der Waals surface area contributed by atoms with E-state index >= 15 is 0 Å². The SMILES string of the molecule is CCn1ncnc1COc1ccc(Br)cc1CO. The van der Waals surface area contributed by atoms with Crippen LogP contribution in [0.1, 0.15) is 18.3 Å². The van der Waals surface area contributed by atoms with E-state index in [1.165, 1.54) is 6.33 Å². The first-order valence-electron chi connectivity index (χ1n) is 5.63. The van der Waals surface area contributed by atoms with E-state index in [0.29, 0.717) is 12.4 Å². The molecule has 5 nitrogen and oxygen atoms in total. The third-order valence-corrected chi connectivity index (χ3v) is 3.04. The van der Waals surface area contributed by atoms with Crippen molar-refractivity contribution in [3.8, 4) is 5.75 Å². The predicted octanol–water partition coefficient (Wildman–Crippen LogP) is 2.13. The molecule has 96 valence electrons. The fourth-order valence-corrected chi connectivity index (χ4v) is 2.03. The van der Waals surface area contributed by atoms with Gasteiger partial charge in [-0.1, -0.05) is 15.9 Å². The van der Waals surface area contributed by atoms with Gasteiger partial charge >= 0.3 is 0 Å². The van der Waals surface area contributed by atoms with Crippen LogP contribution in [0.5, 0.6) is 5.75 Å². The van der Waals surface area contributed by atoms with Crippen molar-refractivity contribution in [2.45, 2.75) is 26.7 Å². The smallest absolute Gasteiger partial charge is 0.164 e. The minimum atomic E-state index is -0.0603. The topological polar surface area (TPSA) is 60.2 Å². The number of ether oxygens (including phenoxy) is 1. The van der Waals surface area contributed by atoms with E-state index in [1.54, 1.807) is 4.68 Å². The van der Waals surface area contributed by atoms with Crippen molar-refractivity contribution in [3.05, 3.63) is 40.4 Å². The van der Waals surface area contributed by atoms with Crippen molar-refractivity contribution in [1.82, 2.24) is 14.8 Å². The fraction of sp³-hybridized carbons (Fsp3) is 0.333. The monoisotopic (exact) mass is 311 g/mol. The number of hydrogen-bond donors (Lipinski definition) is 1. The lowest BCUT2D eigenvalue weighted by atomic mass is 10.2. The van der Waals surface area contributed by atoms with Crippen LogP contribution < -0.4 is 4.74 Å². The van der Waals surface area contributed by atoms with Gasteiger partial charge in [0.25, 0.3) is 0 Å². The summed E-state index contributed by atoms with van der Waals surface area (Å²) in [7, 11) is 0. The van der Waals surface area contributed by atoms with Crippen molar-refractivity contribution in [3.63, 3.8) is 0 Å². The largest absolute Gasteiger partial charge is 0.485 e. The molecule has 2 rings (SSSR count). The van der Waals surface area contributed by atoms with Crippen LogP contribution >= 0.6 is 15.9 Å². The average molecular weight is 312 g/mol. The highest BCUT2D eigenvalue weighted by atomic mass is 79.9. The second kappa shape index (κ2) is 5.97. The maximum absolute atomic E-state index is 9.27. The zero-order valence-corrected chi connectivity index (χ0v) is 11.6. The molecule has 1 heterocycles. The van der Waals surface area contributed by atoms with Gasteiger partial charge in [0.1, 0.15) is 18.7 Å². The summed E-state index contributed by atoms with van der Waals surface area (Å²) in [5, 5.41) is 13.3. The van der Waals surface area contributed by atoms with E-state index in [-0.39, 0.29) is 6.61 Å². The Labute approximate surface area is 114 Å². The summed E-state index contributed by atoms with van der Waals surface area (Å²) in [6.45, 7) is 3.03. The highest BCUT2D eigenvalue weighted by Crippen LogP contribution is 2.23. The molecule has 18 heavy (non-hydrogen) atoms. The van der Waals surface area contributed by atoms with Gasteiger partial charge in [-0.25, -0.2) is 9.67 Å². The summed E-state index contributed by atoms with van der Waals surface area (Å²) in [6, 6.07) is 5.53. The number of hydrogen-bond acceptors (Lipinski definition) is 4. The number of aliphatic hydroxyl groups is 1. The van der Waals surface area contributed by atoms with Crippen molar-refractivity contribution in [2.24, 2.45) is 0 Å². The molecule has 1 aromatic heterocycles. The maximum Gasteiger partial charge on any atom is 0.164 e. The van der Waals surface area contributed by atoms with E-state index in [2.05, 4.69) is 26.0 Å². The van der Waals surface area contributed by atoms with Gasteiger partial charge in [0.15, 0.2) is 5.82 Å². The first kappa shape index (κ1) is 13.0. The van der Waals surface area contributed by atoms with Gasteiger partial charge in [-0.2, -0.15) is 5.10 Å². The lowest BCUT2D eigenvalue weighted by molar-refractivity contribution is 0.252. The van der Waals surface area contributed by atoms with Crippen LogP contribution in [0.3, 0.4) is 0 Å². The summed E-state index contributed by atoms with van der Waals surface area (Å²) < 4.78 is 8.35. The Hall–Kier alpha value is -1.40. The highest BCUT2D eigenvalue weighted by molar-refractivity contribution is 9.10. The van der Waals surface area contributed by atoms with Crippen molar-refractivity contribution < 1.29 is 9.84 Å². The van der Waals surface area contributed by atoms with E-state index < -0.39 is 0 Å². The molecule has 0 unspecified atom stereocenters. The van der Waals surface area contributed by atoms with Gasteiger partial charge in [-0.05, 0) is 25.1 Å². The van der Waals surface area contributed by atoms with Crippen LogP contribution in [0, 0.1) is 0 Å². The van der Waals surface area contributed by atoms with Gasteiger partial charge in [0.05, 0.1) is 6.61 Å². The Kier molecular flexibility index (Phi) is 4.33. The quantitative estimate of drug-likeness (QED) is 0.919. The molecule has 0 radical (unpaired) electrons. The number of aliphatic hydroxyl groups excluding tert-OH is 1. The van der Waals surface area contributed by atoms with Crippen LogP contribution in [0.25, 0.3) is 0 Å². The number of nitrogens with zero attached hydrogens (tertiary/aromatic N) is 3. The summed E-state index contributed by atoms with van der Waals surface area (Å²) >= 11 is 3.36. The zero-order chi connectivity index (χ0) is 13.0. The highest BCUT2D eigenvalue weighted by Gasteiger charge is 2.07. The average Bonchev–Trinajstić information content (AvgIpc) is 2.84. The predicted molar refractivity (Wildman–Crippen MR) is 70.1 cm³/mol. The Bertz CT molecular complexity index is 528. The van der Waals surface area contributed by atoms with Crippen LogP contribution in [0.15, 0.2) is 29.0 Å². The number of rotatable bonds is 5. The molecule has 0 saturated carbocycles. The van der Waals surface area contributed by atoms with E-state index in [0.717, 1.165) is 22.4 Å². The summed E-state index contributed by atoms with van der Waals surface area (Å²) in [5.41, 5.74) is 0.743. The molecule has 0 aliphatic rings. The standard InChI is InChI=1S/C12H14BrN3O2/c1-2-16-12(14-8-15-16)7-18-11-4-3-10(13)5-9(11)6-17/h3-5,8,17H,2,6-7H2,1H3. The second-order valence-electron chi connectivity index (χ2n) is 3.69. The third kappa shape index (κ3) is 2.88. The Morgan fingerprint density at radius 3 is 3.00 bits per heavy atom. The first-order chi connectivity index (χ1) is 8.74. The molecule has 0 aliphatic heterocycles. The van der Waals surface area contributed by atoms with Crippen LogP contribution in [0.2, 0.25) is 0 Å². The fourth-order valence-electron chi connectivity index (χ4n) is 1.62. The normalized spacial score (nSPS) is 10.6. The lowest BCUT2D eigenvalue weighted by Crippen LogP contribution is -2.08. The van der Waals surface area contributed by atoms with Gasteiger partial charge in [-0.15, -0.1) is 0 Å². The molecule has 0 spiro atoms. The third-order valence-electron chi connectivity index (χ3n) is 2.54. The van der Waals surface area contributed by atoms with Crippen LogP contribution in [-0.2, 0) is 19.8 Å². The molecule has 0 bridgehead atoms. The molecule has 6 heteroatoms. The van der Waals surface area contributed by atoms with Crippen molar-refractivity contribution in [1.29, 1.82) is 0 Å². The maximum atomic E-state index is 9.27. The van der Waals surface area contributed by atoms with Crippen molar-refractivity contribution in [2.75, 3.05) is 0 Å². The minimum absolute atomic E-state index is 0.0603. The summed E-state index contributed by atoms with van der Waals surface area (Å²) in [5.74, 6) is 1.43. The van der Waals surface area contributed by atoms with Crippen LogP contribution in [0.4, 0.5) is 0 Å². The first-order valence-corrected chi connectivity index (χ1v) is 6.42. The zero-order valence-electron chi connectivity index (χ0n) is 10.0. The molecule has 1 N–H and O–H groups in total. The number of benzene rings is 1.